The lowest BCUT2D eigenvalue weighted by Crippen LogP contribution is -2.36. The van der Waals surface area contributed by atoms with Crippen molar-refractivity contribution in [3.63, 3.8) is 0 Å². The van der Waals surface area contributed by atoms with Crippen LogP contribution in [0.25, 0.3) is 0 Å². The average molecular weight is 281 g/mol. The summed E-state index contributed by atoms with van der Waals surface area (Å²) in [5.74, 6) is 0.0276. The number of halogens is 1. The van der Waals surface area contributed by atoms with Gasteiger partial charge in [0.2, 0.25) is 5.91 Å². The second-order valence-corrected chi connectivity index (χ2v) is 5.72. The van der Waals surface area contributed by atoms with E-state index in [9.17, 15) is 4.79 Å². The van der Waals surface area contributed by atoms with E-state index in [0.717, 1.165) is 11.3 Å². The number of likely N-dealkylation sites (N-methyl/N-ethyl adjacent to an activating group) is 1. The molecule has 1 N–H and O–H groups in total. The van der Waals surface area contributed by atoms with Crippen molar-refractivity contribution < 1.29 is 4.79 Å². The molecule has 0 unspecified atom stereocenters. The summed E-state index contributed by atoms with van der Waals surface area (Å²) in [5, 5.41) is 3.62. The van der Waals surface area contributed by atoms with Gasteiger partial charge in [-0.25, -0.2) is 0 Å². The molecule has 1 saturated carbocycles. The Balaban J connectivity index is 1.91. The summed E-state index contributed by atoms with van der Waals surface area (Å²) in [6.07, 6.45) is 4.98. The van der Waals surface area contributed by atoms with Crippen molar-refractivity contribution in [3.05, 3.63) is 28.8 Å². The molecule has 0 aromatic heterocycles. The lowest BCUT2D eigenvalue weighted by molar-refractivity contribution is -0.117. The zero-order valence-corrected chi connectivity index (χ0v) is 12.3. The Bertz CT molecular complexity index is 455. The van der Waals surface area contributed by atoms with Crippen LogP contribution < -0.4 is 5.32 Å². The Hall–Kier alpha value is -1.06. The van der Waals surface area contributed by atoms with Crippen LogP contribution >= 0.6 is 11.6 Å². The fraction of sp³-hybridized carbons (Fsp3) is 0.533. The zero-order valence-electron chi connectivity index (χ0n) is 11.6. The Labute approximate surface area is 119 Å². The Morgan fingerprint density at radius 1 is 1.42 bits per heavy atom. The molecule has 0 heterocycles. The van der Waals surface area contributed by atoms with Crippen LogP contribution in [0.2, 0.25) is 5.02 Å². The summed E-state index contributed by atoms with van der Waals surface area (Å²) in [4.78, 5) is 14.2. The highest BCUT2D eigenvalue weighted by atomic mass is 35.5. The van der Waals surface area contributed by atoms with Crippen LogP contribution in [0.15, 0.2) is 18.2 Å². The standard InChI is InChI=1S/C15H21ClN2O/c1-11-13(16)8-5-9-14(11)17-15(19)10-18(2)12-6-3-4-7-12/h5,8-9,12H,3-4,6-7,10H2,1-2H3,(H,17,19). The van der Waals surface area contributed by atoms with Gasteiger partial charge in [0.25, 0.3) is 0 Å². The third-order valence-electron chi connectivity index (χ3n) is 3.88. The first kappa shape index (κ1) is 14.4. The first-order valence-corrected chi connectivity index (χ1v) is 7.21. The summed E-state index contributed by atoms with van der Waals surface area (Å²) in [7, 11) is 2.03. The molecule has 1 aromatic rings. The summed E-state index contributed by atoms with van der Waals surface area (Å²) in [5.41, 5.74) is 1.72. The van der Waals surface area contributed by atoms with E-state index in [1.165, 1.54) is 25.7 Å². The highest BCUT2D eigenvalue weighted by Crippen LogP contribution is 2.24. The van der Waals surface area contributed by atoms with Gasteiger partial charge in [-0.1, -0.05) is 30.5 Å². The van der Waals surface area contributed by atoms with Crippen LogP contribution in [-0.2, 0) is 4.79 Å². The van der Waals surface area contributed by atoms with Crippen molar-refractivity contribution in [2.45, 2.75) is 38.6 Å². The van der Waals surface area contributed by atoms with Gasteiger partial charge >= 0.3 is 0 Å². The van der Waals surface area contributed by atoms with E-state index in [-0.39, 0.29) is 5.91 Å². The third kappa shape index (κ3) is 3.71. The van der Waals surface area contributed by atoms with Crippen molar-refractivity contribution in [2.24, 2.45) is 0 Å². The molecule has 1 fully saturated rings. The van der Waals surface area contributed by atoms with Crippen LogP contribution in [-0.4, -0.2) is 30.4 Å². The maximum absolute atomic E-state index is 12.0. The minimum atomic E-state index is 0.0276. The second-order valence-electron chi connectivity index (χ2n) is 5.31. The van der Waals surface area contributed by atoms with Gasteiger partial charge in [0.1, 0.15) is 0 Å². The van der Waals surface area contributed by atoms with Gasteiger partial charge in [-0.3, -0.25) is 9.69 Å². The number of anilines is 1. The smallest absolute Gasteiger partial charge is 0.238 e. The van der Waals surface area contributed by atoms with Gasteiger partial charge in [-0.15, -0.1) is 0 Å². The lowest BCUT2D eigenvalue weighted by atomic mass is 10.2. The highest BCUT2D eigenvalue weighted by molar-refractivity contribution is 6.31. The minimum absolute atomic E-state index is 0.0276. The predicted octanol–water partition coefficient (Wildman–Crippen LogP) is 3.46. The monoisotopic (exact) mass is 280 g/mol. The third-order valence-corrected chi connectivity index (χ3v) is 4.29. The molecule has 0 aliphatic heterocycles. The molecule has 1 aliphatic rings. The Morgan fingerprint density at radius 3 is 2.79 bits per heavy atom. The van der Waals surface area contributed by atoms with E-state index in [1.807, 2.05) is 32.2 Å². The van der Waals surface area contributed by atoms with E-state index in [1.54, 1.807) is 0 Å². The van der Waals surface area contributed by atoms with Crippen LogP contribution in [0.5, 0.6) is 0 Å². The van der Waals surface area contributed by atoms with Crippen LogP contribution in [0.3, 0.4) is 0 Å². The molecule has 1 amide bonds. The van der Waals surface area contributed by atoms with Gasteiger partial charge < -0.3 is 5.32 Å². The SMILES string of the molecule is Cc1c(Cl)cccc1NC(=O)CN(C)C1CCCC1. The molecule has 0 bridgehead atoms. The largest absolute Gasteiger partial charge is 0.325 e. The summed E-state index contributed by atoms with van der Waals surface area (Å²) in [6.45, 7) is 2.36. The molecule has 104 valence electrons. The molecule has 19 heavy (non-hydrogen) atoms. The quantitative estimate of drug-likeness (QED) is 0.916. The molecule has 0 radical (unpaired) electrons. The molecule has 2 rings (SSSR count). The zero-order chi connectivity index (χ0) is 13.8. The normalized spacial score (nSPS) is 16.0. The van der Waals surface area contributed by atoms with E-state index in [2.05, 4.69) is 10.2 Å². The van der Waals surface area contributed by atoms with Gasteiger partial charge in [-0.2, -0.15) is 0 Å². The number of nitrogens with one attached hydrogen (secondary N) is 1. The van der Waals surface area contributed by atoms with E-state index >= 15 is 0 Å². The number of nitrogens with zero attached hydrogens (tertiary/aromatic N) is 1. The molecule has 0 saturated heterocycles. The molecule has 0 atom stereocenters. The van der Waals surface area contributed by atoms with Crippen molar-refractivity contribution in [1.29, 1.82) is 0 Å². The van der Waals surface area contributed by atoms with Crippen molar-refractivity contribution >= 4 is 23.2 Å². The Kier molecular flexibility index (Phi) is 4.83. The molecular weight excluding hydrogens is 260 g/mol. The van der Waals surface area contributed by atoms with Crippen molar-refractivity contribution in [3.8, 4) is 0 Å². The molecule has 3 nitrogen and oxygen atoms in total. The van der Waals surface area contributed by atoms with Gasteiger partial charge in [0, 0.05) is 16.8 Å². The van der Waals surface area contributed by atoms with Crippen LogP contribution in [0.4, 0.5) is 5.69 Å². The molecule has 4 heteroatoms. The Morgan fingerprint density at radius 2 is 2.11 bits per heavy atom. The van der Waals surface area contributed by atoms with Gasteiger partial charge in [0.15, 0.2) is 0 Å². The van der Waals surface area contributed by atoms with Gasteiger partial charge in [-0.05, 0) is 44.5 Å². The predicted molar refractivity (Wildman–Crippen MR) is 79.7 cm³/mol. The summed E-state index contributed by atoms with van der Waals surface area (Å²) < 4.78 is 0. The van der Waals surface area contributed by atoms with E-state index < -0.39 is 0 Å². The number of amides is 1. The lowest BCUT2D eigenvalue weighted by Gasteiger charge is -2.23. The summed E-state index contributed by atoms with van der Waals surface area (Å²) in [6, 6.07) is 6.13. The van der Waals surface area contributed by atoms with Gasteiger partial charge in [0.05, 0.1) is 6.54 Å². The van der Waals surface area contributed by atoms with Crippen molar-refractivity contribution in [2.75, 3.05) is 18.9 Å². The number of hydrogen-bond acceptors (Lipinski definition) is 2. The highest BCUT2D eigenvalue weighted by Gasteiger charge is 2.21. The van der Waals surface area contributed by atoms with E-state index in [4.69, 9.17) is 11.6 Å². The molecule has 1 aromatic carbocycles. The molecule has 0 spiro atoms. The van der Waals surface area contributed by atoms with Crippen molar-refractivity contribution in [1.82, 2.24) is 4.90 Å². The first-order valence-electron chi connectivity index (χ1n) is 6.83. The summed E-state index contributed by atoms with van der Waals surface area (Å²) >= 11 is 6.04. The minimum Gasteiger partial charge on any atom is -0.325 e. The second kappa shape index (κ2) is 6.40. The average Bonchev–Trinajstić information content (AvgIpc) is 2.88. The first-order chi connectivity index (χ1) is 9.08. The fourth-order valence-electron chi connectivity index (χ4n) is 2.63. The van der Waals surface area contributed by atoms with Crippen LogP contribution in [0, 0.1) is 6.92 Å². The number of hydrogen-bond donors (Lipinski definition) is 1. The number of rotatable bonds is 4. The maximum Gasteiger partial charge on any atom is 0.238 e. The fourth-order valence-corrected chi connectivity index (χ4v) is 2.81. The molecular formula is C15H21ClN2O. The van der Waals surface area contributed by atoms with Crippen LogP contribution in [0.1, 0.15) is 31.2 Å². The molecule has 1 aliphatic carbocycles. The number of benzene rings is 1. The topological polar surface area (TPSA) is 32.3 Å². The maximum atomic E-state index is 12.0. The number of carbonyl (C=O) groups is 1. The van der Waals surface area contributed by atoms with E-state index in [0.29, 0.717) is 17.6 Å². The number of carbonyl (C=O) groups excluding carboxylic acids is 1.